The van der Waals surface area contributed by atoms with Gasteiger partial charge in [0.2, 0.25) is 5.91 Å². The number of ether oxygens (including phenoxy) is 2. The molecule has 0 spiro atoms. The maximum atomic E-state index is 12.6. The van der Waals surface area contributed by atoms with Crippen molar-refractivity contribution in [1.82, 2.24) is 9.88 Å². The molecule has 0 radical (unpaired) electrons. The van der Waals surface area contributed by atoms with E-state index in [9.17, 15) is 9.59 Å². The minimum atomic E-state index is -0.421. The number of halogens is 1. The van der Waals surface area contributed by atoms with Crippen molar-refractivity contribution in [3.8, 4) is 5.75 Å². The zero-order chi connectivity index (χ0) is 19.4. The molecule has 6 nitrogen and oxygen atoms in total. The molecule has 2 rings (SSSR count). The van der Waals surface area contributed by atoms with E-state index in [1.54, 1.807) is 37.3 Å². The average molecular weight is 379 g/mol. The Bertz CT molecular complexity index is 829. The van der Waals surface area contributed by atoms with E-state index in [0.29, 0.717) is 23.0 Å². The van der Waals surface area contributed by atoms with Crippen LogP contribution in [0.15, 0.2) is 18.2 Å². The summed E-state index contributed by atoms with van der Waals surface area (Å²) in [6, 6.07) is 5.25. The van der Waals surface area contributed by atoms with Crippen LogP contribution in [0.3, 0.4) is 0 Å². The summed E-state index contributed by atoms with van der Waals surface area (Å²) in [6.07, 6.45) is 0.186. The molecule has 1 amide bonds. The summed E-state index contributed by atoms with van der Waals surface area (Å²) in [5.74, 6) is 0.154. The number of carbonyl (C=O) groups excluding carboxylic acids is 2. The number of aryl methyl sites for hydroxylation is 1. The van der Waals surface area contributed by atoms with Gasteiger partial charge in [-0.2, -0.15) is 0 Å². The molecule has 140 valence electrons. The average Bonchev–Trinajstić information content (AvgIpc) is 2.90. The highest BCUT2D eigenvalue weighted by Crippen LogP contribution is 2.24. The molecule has 0 aliphatic rings. The molecule has 0 fully saturated rings. The van der Waals surface area contributed by atoms with Gasteiger partial charge in [-0.1, -0.05) is 17.7 Å². The van der Waals surface area contributed by atoms with Gasteiger partial charge in [0.25, 0.3) is 0 Å². The summed E-state index contributed by atoms with van der Waals surface area (Å²) in [6.45, 7) is 4.09. The monoisotopic (exact) mass is 378 g/mol. The normalized spacial score (nSPS) is 10.5. The quantitative estimate of drug-likeness (QED) is 0.783. The van der Waals surface area contributed by atoms with Crippen molar-refractivity contribution in [2.45, 2.75) is 26.8 Å². The maximum Gasteiger partial charge on any atom is 0.354 e. The zero-order valence-corrected chi connectivity index (χ0v) is 16.4. The maximum absolute atomic E-state index is 12.6. The number of nitrogens with one attached hydrogen (secondary N) is 1. The molecule has 0 aliphatic heterocycles. The molecule has 0 aliphatic carbocycles. The van der Waals surface area contributed by atoms with Crippen molar-refractivity contribution >= 4 is 23.5 Å². The van der Waals surface area contributed by atoms with Gasteiger partial charge < -0.3 is 19.4 Å². The van der Waals surface area contributed by atoms with E-state index in [4.69, 9.17) is 21.1 Å². The van der Waals surface area contributed by atoms with E-state index in [1.165, 1.54) is 7.11 Å². The number of amides is 1. The van der Waals surface area contributed by atoms with Crippen LogP contribution >= 0.6 is 11.6 Å². The number of esters is 1. The van der Waals surface area contributed by atoms with E-state index in [0.717, 1.165) is 22.4 Å². The number of hydrogen-bond acceptors (Lipinski definition) is 4. The number of carbonyl (C=O) groups is 2. The molecule has 7 heteroatoms. The summed E-state index contributed by atoms with van der Waals surface area (Å²) in [4.78, 5) is 29.0. The minimum Gasteiger partial charge on any atom is -0.497 e. The molecular weight excluding hydrogens is 356 g/mol. The predicted molar refractivity (Wildman–Crippen MR) is 99.8 cm³/mol. The molecule has 0 atom stereocenters. The molecule has 1 aromatic carbocycles. The highest BCUT2D eigenvalue weighted by Gasteiger charge is 2.20. The van der Waals surface area contributed by atoms with Crippen LogP contribution in [0.4, 0.5) is 0 Å². The molecule has 0 saturated heterocycles. The number of likely N-dealkylation sites (N-methyl/N-ethyl adjacent to an activating group) is 1. The smallest absolute Gasteiger partial charge is 0.354 e. The summed E-state index contributed by atoms with van der Waals surface area (Å²) in [5, 5.41) is 0.494. The number of benzene rings is 1. The molecule has 1 N–H and O–H groups in total. The minimum absolute atomic E-state index is 0.0725. The topological polar surface area (TPSA) is 71.6 Å². The molecule has 2 aromatic rings. The first kappa shape index (κ1) is 19.8. The summed E-state index contributed by atoms with van der Waals surface area (Å²) in [7, 11) is 4.63. The number of nitrogens with zero attached hydrogens (tertiary/aromatic N) is 1. The largest absolute Gasteiger partial charge is 0.497 e. The fourth-order valence-corrected chi connectivity index (χ4v) is 2.99. The highest BCUT2D eigenvalue weighted by molar-refractivity contribution is 6.31. The number of H-pyrrole nitrogens is 1. The van der Waals surface area contributed by atoms with Gasteiger partial charge in [-0.3, -0.25) is 4.79 Å². The zero-order valence-electron chi connectivity index (χ0n) is 15.6. The second kappa shape index (κ2) is 8.27. The van der Waals surface area contributed by atoms with Crippen molar-refractivity contribution in [2.24, 2.45) is 0 Å². The Labute approximate surface area is 158 Å². The number of rotatable bonds is 6. The summed E-state index contributed by atoms with van der Waals surface area (Å²) >= 11 is 6.21. The molecule has 0 unspecified atom stereocenters. The van der Waals surface area contributed by atoms with Crippen LogP contribution in [0, 0.1) is 13.8 Å². The number of aromatic amines is 1. The van der Waals surface area contributed by atoms with E-state index >= 15 is 0 Å². The van der Waals surface area contributed by atoms with Crippen LogP contribution in [0.25, 0.3) is 0 Å². The van der Waals surface area contributed by atoms with E-state index in [1.807, 2.05) is 13.8 Å². The third-order valence-corrected chi connectivity index (χ3v) is 4.76. The van der Waals surface area contributed by atoms with Gasteiger partial charge in [-0.05, 0) is 42.7 Å². The lowest BCUT2D eigenvalue weighted by atomic mass is 10.1. The Morgan fingerprint density at radius 3 is 2.50 bits per heavy atom. The molecule has 0 saturated carbocycles. The molecule has 1 aromatic heterocycles. The van der Waals surface area contributed by atoms with Crippen LogP contribution in [0.5, 0.6) is 5.75 Å². The van der Waals surface area contributed by atoms with Gasteiger partial charge in [0, 0.05) is 24.3 Å². The van der Waals surface area contributed by atoms with E-state index in [2.05, 4.69) is 4.98 Å². The Kier molecular flexibility index (Phi) is 6.32. The first-order valence-electron chi connectivity index (χ1n) is 8.11. The Morgan fingerprint density at radius 2 is 1.92 bits per heavy atom. The number of hydrogen-bond donors (Lipinski definition) is 1. The van der Waals surface area contributed by atoms with Crippen LogP contribution in [0.2, 0.25) is 5.02 Å². The lowest BCUT2D eigenvalue weighted by Crippen LogP contribution is -2.28. The fraction of sp³-hybridized carbons (Fsp3) is 0.368. The molecular formula is C19H23ClN2O4. The van der Waals surface area contributed by atoms with Gasteiger partial charge in [0.1, 0.15) is 11.4 Å². The molecule has 0 bridgehead atoms. The second-order valence-electron chi connectivity index (χ2n) is 6.10. The predicted octanol–water partition coefficient (Wildman–Crippen LogP) is 3.28. The van der Waals surface area contributed by atoms with E-state index in [-0.39, 0.29) is 12.3 Å². The summed E-state index contributed by atoms with van der Waals surface area (Å²) < 4.78 is 9.89. The van der Waals surface area contributed by atoms with Crippen molar-refractivity contribution < 1.29 is 19.1 Å². The first-order valence-corrected chi connectivity index (χ1v) is 8.49. The van der Waals surface area contributed by atoms with Crippen LogP contribution in [0.1, 0.15) is 32.9 Å². The lowest BCUT2D eigenvalue weighted by molar-refractivity contribution is -0.129. The van der Waals surface area contributed by atoms with E-state index < -0.39 is 5.97 Å². The Balaban J connectivity index is 2.13. The number of aromatic nitrogens is 1. The van der Waals surface area contributed by atoms with Gasteiger partial charge in [0.15, 0.2) is 0 Å². The lowest BCUT2D eigenvalue weighted by Gasteiger charge is -2.18. The first-order chi connectivity index (χ1) is 12.3. The van der Waals surface area contributed by atoms with Crippen LogP contribution in [-0.4, -0.2) is 43.0 Å². The molecule has 26 heavy (non-hydrogen) atoms. The van der Waals surface area contributed by atoms with Crippen molar-refractivity contribution in [3.05, 3.63) is 51.3 Å². The standard InChI is InChI=1S/C19H23ClN2O4/c1-11-15(12(2)21-18(11)19(24)26-5)10-22(3)17(23)8-13-6-7-14(25-4)9-16(13)20/h6-7,9,21H,8,10H2,1-5H3. The number of methoxy groups -OCH3 is 2. The fourth-order valence-electron chi connectivity index (χ4n) is 2.75. The Hall–Kier alpha value is -2.47. The van der Waals surface area contributed by atoms with Crippen LogP contribution < -0.4 is 4.74 Å². The van der Waals surface area contributed by atoms with Crippen molar-refractivity contribution in [3.63, 3.8) is 0 Å². The Morgan fingerprint density at radius 1 is 1.23 bits per heavy atom. The van der Waals surface area contributed by atoms with Gasteiger partial charge in [-0.15, -0.1) is 0 Å². The SMILES string of the molecule is COC(=O)c1[nH]c(C)c(CN(C)C(=O)Cc2ccc(OC)cc2Cl)c1C. The van der Waals surface area contributed by atoms with Gasteiger partial charge >= 0.3 is 5.97 Å². The third kappa shape index (κ3) is 4.19. The second-order valence-corrected chi connectivity index (χ2v) is 6.51. The van der Waals surface area contributed by atoms with Gasteiger partial charge in [-0.25, -0.2) is 4.79 Å². The summed E-state index contributed by atoms with van der Waals surface area (Å²) in [5.41, 5.74) is 3.68. The van der Waals surface area contributed by atoms with Crippen molar-refractivity contribution in [1.29, 1.82) is 0 Å². The molecule has 1 heterocycles. The highest BCUT2D eigenvalue weighted by atomic mass is 35.5. The van der Waals surface area contributed by atoms with Gasteiger partial charge in [0.05, 0.1) is 20.6 Å². The van der Waals surface area contributed by atoms with Crippen LogP contribution in [-0.2, 0) is 22.5 Å². The van der Waals surface area contributed by atoms with Crippen molar-refractivity contribution in [2.75, 3.05) is 21.3 Å². The third-order valence-electron chi connectivity index (χ3n) is 4.41.